The van der Waals surface area contributed by atoms with E-state index >= 15 is 0 Å². The van der Waals surface area contributed by atoms with Crippen LogP contribution in [0.1, 0.15) is 12.8 Å². The minimum atomic E-state index is -3.47. The van der Waals surface area contributed by atoms with Crippen LogP contribution >= 0.6 is 0 Å². The summed E-state index contributed by atoms with van der Waals surface area (Å²) in [5.74, 6) is 0. The van der Waals surface area contributed by atoms with Crippen LogP contribution in [0.15, 0.2) is 23.4 Å². The summed E-state index contributed by atoms with van der Waals surface area (Å²) >= 11 is 0. The largest absolute Gasteiger partial charge is 0.399 e. The van der Waals surface area contributed by atoms with Gasteiger partial charge in [-0.15, -0.1) is 0 Å². The van der Waals surface area contributed by atoms with Crippen molar-refractivity contribution < 1.29 is 13.2 Å². The number of rotatable bonds is 2. The zero-order valence-electron chi connectivity index (χ0n) is 10.3. The van der Waals surface area contributed by atoms with Gasteiger partial charge >= 0.3 is 0 Å². The Morgan fingerprint density at radius 1 is 1.42 bits per heavy atom. The predicted molar refractivity (Wildman–Crippen MR) is 71.5 cm³/mol. The normalized spacial score (nSPS) is 20.7. The van der Waals surface area contributed by atoms with Gasteiger partial charge in [-0.25, -0.2) is 13.4 Å². The summed E-state index contributed by atoms with van der Waals surface area (Å²) in [6.45, 7) is 0.865. The van der Waals surface area contributed by atoms with Crippen molar-refractivity contribution in [2.75, 3.05) is 18.9 Å². The van der Waals surface area contributed by atoms with E-state index in [9.17, 15) is 8.42 Å². The maximum Gasteiger partial charge on any atom is 0.226 e. The van der Waals surface area contributed by atoms with Crippen molar-refractivity contribution in [3.05, 3.63) is 18.2 Å². The van der Waals surface area contributed by atoms with Crippen molar-refractivity contribution in [3.8, 4) is 0 Å². The van der Waals surface area contributed by atoms with Crippen molar-refractivity contribution in [2.45, 2.75) is 23.2 Å². The van der Waals surface area contributed by atoms with Gasteiger partial charge in [0.05, 0.1) is 22.9 Å². The Balaban J connectivity index is 2.02. The van der Waals surface area contributed by atoms with Gasteiger partial charge in [0.15, 0.2) is 0 Å². The summed E-state index contributed by atoms with van der Waals surface area (Å²) in [4.78, 5) is 6.99. The summed E-state index contributed by atoms with van der Waals surface area (Å²) in [6, 6.07) is 5.08. The molecule has 3 rings (SSSR count). The number of H-pyrrole nitrogens is 1. The number of ether oxygens (including phenoxy) is 1. The molecule has 0 amide bonds. The Hall–Kier alpha value is -1.60. The number of hydrogen-bond acceptors (Lipinski definition) is 5. The number of anilines is 1. The van der Waals surface area contributed by atoms with E-state index in [1.54, 1.807) is 18.2 Å². The summed E-state index contributed by atoms with van der Waals surface area (Å²) in [5, 5.41) is -0.511. The van der Waals surface area contributed by atoms with Crippen LogP contribution in [0.25, 0.3) is 11.0 Å². The van der Waals surface area contributed by atoms with Gasteiger partial charge in [0, 0.05) is 12.3 Å². The molecule has 1 fully saturated rings. The molecule has 1 atom stereocenters. The smallest absolute Gasteiger partial charge is 0.226 e. The molecule has 2 aromatic rings. The highest BCUT2D eigenvalue weighted by Gasteiger charge is 2.32. The highest BCUT2D eigenvalue weighted by Crippen LogP contribution is 2.23. The molecule has 1 aliphatic heterocycles. The molecular formula is C12H15N3O3S. The lowest BCUT2D eigenvalue weighted by Gasteiger charge is -2.20. The maximum absolute atomic E-state index is 12.4. The second-order valence-corrected chi connectivity index (χ2v) is 6.85. The molecule has 3 N–H and O–H groups in total. The minimum Gasteiger partial charge on any atom is -0.399 e. The predicted octanol–water partition coefficient (Wildman–Crippen LogP) is 1.10. The quantitative estimate of drug-likeness (QED) is 0.803. The summed E-state index contributed by atoms with van der Waals surface area (Å²) in [7, 11) is -3.47. The van der Waals surface area contributed by atoms with Crippen LogP contribution < -0.4 is 5.73 Å². The van der Waals surface area contributed by atoms with Gasteiger partial charge in [0.2, 0.25) is 15.0 Å². The number of nitrogens with one attached hydrogen (secondary N) is 1. The van der Waals surface area contributed by atoms with Crippen molar-refractivity contribution in [2.24, 2.45) is 0 Å². The van der Waals surface area contributed by atoms with Crippen LogP contribution in [0.5, 0.6) is 0 Å². The van der Waals surface area contributed by atoms with Crippen LogP contribution in [0.3, 0.4) is 0 Å². The number of nitrogen functional groups attached to an aromatic ring is 1. The molecule has 19 heavy (non-hydrogen) atoms. The molecule has 0 aliphatic carbocycles. The van der Waals surface area contributed by atoms with Crippen molar-refractivity contribution >= 4 is 26.6 Å². The van der Waals surface area contributed by atoms with Crippen LogP contribution in [-0.4, -0.2) is 36.8 Å². The number of nitrogens with zero attached hydrogens (tertiary/aromatic N) is 1. The van der Waals surface area contributed by atoms with E-state index in [0.29, 0.717) is 29.7 Å². The average Bonchev–Trinajstić information content (AvgIpc) is 2.83. The first kappa shape index (κ1) is 12.4. The lowest BCUT2D eigenvalue weighted by molar-refractivity contribution is 0.0990. The average molecular weight is 281 g/mol. The maximum atomic E-state index is 12.4. The zero-order valence-corrected chi connectivity index (χ0v) is 11.1. The van der Waals surface area contributed by atoms with E-state index in [1.807, 2.05) is 0 Å². The molecule has 1 aromatic heterocycles. The Morgan fingerprint density at radius 3 is 3.00 bits per heavy atom. The van der Waals surface area contributed by atoms with Crippen molar-refractivity contribution in [1.29, 1.82) is 0 Å². The Kier molecular flexibility index (Phi) is 2.94. The number of aromatic amines is 1. The highest BCUT2D eigenvalue weighted by molar-refractivity contribution is 7.91. The number of aromatic nitrogens is 2. The second kappa shape index (κ2) is 4.50. The van der Waals surface area contributed by atoms with Crippen LogP contribution in [-0.2, 0) is 14.6 Å². The number of fused-ring (bicyclic) bond motifs is 1. The summed E-state index contributed by atoms with van der Waals surface area (Å²) < 4.78 is 30.1. The first-order valence-corrected chi connectivity index (χ1v) is 7.69. The van der Waals surface area contributed by atoms with Gasteiger partial charge in [0.25, 0.3) is 0 Å². The molecule has 6 nitrogen and oxygen atoms in total. The fourth-order valence-electron chi connectivity index (χ4n) is 2.25. The SMILES string of the molecule is Nc1ccc2nc(S(=O)(=O)C3CCCOC3)[nH]c2c1. The molecule has 7 heteroatoms. The first-order valence-electron chi connectivity index (χ1n) is 6.14. The number of sulfone groups is 1. The molecule has 102 valence electrons. The van der Waals surface area contributed by atoms with Gasteiger partial charge in [-0.05, 0) is 31.0 Å². The summed E-state index contributed by atoms with van der Waals surface area (Å²) in [6.07, 6.45) is 1.37. The Bertz CT molecular complexity index is 702. The molecule has 0 spiro atoms. The van der Waals surface area contributed by atoms with Gasteiger partial charge in [0.1, 0.15) is 0 Å². The van der Waals surface area contributed by atoms with Crippen molar-refractivity contribution in [3.63, 3.8) is 0 Å². The van der Waals surface area contributed by atoms with Crippen LogP contribution in [0.2, 0.25) is 0 Å². The lowest BCUT2D eigenvalue weighted by atomic mass is 10.2. The molecule has 1 aliphatic rings. The van der Waals surface area contributed by atoms with E-state index < -0.39 is 15.1 Å². The molecule has 1 saturated heterocycles. The third-order valence-corrected chi connectivity index (χ3v) is 5.29. The number of benzene rings is 1. The molecule has 0 saturated carbocycles. The third kappa shape index (κ3) is 2.19. The fraction of sp³-hybridized carbons (Fsp3) is 0.417. The molecule has 0 radical (unpaired) electrons. The molecule has 0 bridgehead atoms. The third-order valence-electron chi connectivity index (χ3n) is 3.31. The van der Waals surface area contributed by atoms with E-state index in [0.717, 1.165) is 6.42 Å². The van der Waals surface area contributed by atoms with E-state index in [4.69, 9.17) is 10.5 Å². The van der Waals surface area contributed by atoms with Crippen LogP contribution in [0.4, 0.5) is 5.69 Å². The zero-order chi connectivity index (χ0) is 13.5. The van der Waals surface area contributed by atoms with E-state index in [-0.39, 0.29) is 11.8 Å². The topological polar surface area (TPSA) is 98.1 Å². The Labute approximate surface area is 110 Å². The monoisotopic (exact) mass is 281 g/mol. The number of hydrogen-bond donors (Lipinski definition) is 2. The second-order valence-electron chi connectivity index (χ2n) is 4.70. The fourth-order valence-corrected chi connectivity index (χ4v) is 3.80. The van der Waals surface area contributed by atoms with E-state index in [2.05, 4.69) is 9.97 Å². The van der Waals surface area contributed by atoms with E-state index in [1.165, 1.54) is 0 Å². The van der Waals surface area contributed by atoms with Crippen LogP contribution in [0, 0.1) is 0 Å². The first-order chi connectivity index (χ1) is 9.07. The van der Waals surface area contributed by atoms with Gasteiger partial charge in [-0.1, -0.05) is 0 Å². The molecule has 2 heterocycles. The van der Waals surface area contributed by atoms with Crippen molar-refractivity contribution in [1.82, 2.24) is 9.97 Å². The molecule has 1 aromatic carbocycles. The number of imidazole rings is 1. The minimum absolute atomic E-state index is 0.00333. The highest BCUT2D eigenvalue weighted by atomic mass is 32.2. The number of nitrogens with two attached hydrogens (primary N) is 1. The molecule has 1 unspecified atom stereocenters. The molecular weight excluding hydrogens is 266 g/mol. The van der Waals surface area contributed by atoms with Gasteiger partial charge < -0.3 is 15.5 Å². The lowest BCUT2D eigenvalue weighted by Crippen LogP contribution is -2.31. The van der Waals surface area contributed by atoms with Gasteiger partial charge in [-0.2, -0.15) is 0 Å². The Morgan fingerprint density at radius 2 is 2.26 bits per heavy atom. The van der Waals surface area contributed by atoms with Gasteiger partial charge in [-0.3, -0.25) is 0 Å². The summed E-state index contributed by atoms with van der Waals surface area (Å²) in [5.41, 5.74) is 7.47. The standard InChI is InChI=1S/C12H15N3O3S/c13-8-3-4-10-11(6-8)15-12(14-10)19(16,17)9-2-1-5-18-7-9/h3-4,6,9H,1-2,5,7,13H2,(H,14,15).